The minimum absolute atomic E-state index is 0.0668. The van der Waals surface area contributed by atoms with E-state index in [0.29, 0.717) is 30.3 Å². The van der Waals surface area contributed by atoms with Crippen molar-refractivity contribution in [1.29, 1.82) is 0 Å². The number of carbonyl (C=O) groups is 1. The third kappa shape index (κ3) is 3.97. The molecule has 0 spiro atoms. The number of benzene rings is 2. The molecular weight excluding hydrogens is 394 g/mol. The quantitative estimate of drug-likeness (QED) is 0.668. The molecule has 1 N–H and O–H groups in total. The molecule has 1 aromatic heterocycles. The maximum Gasteiger partial charge on any atom is 0.251 e. The molecule has 0 saturated carbocycles. The molecule has 1 atom stereocenters. The fourth-order valence-corrected chi connectivity index (χ4v) is 4.68. The Labute approximate surface area is 168 Å². The van der Waals surface area contributed by atoms with Gasteiger partial charge in [0.15, 0.2) is 21.3 Å². The second kappa shape index (κ2) is 8.00. The van der Waals surface area contributed by atoms with Crippen LogP contribution in [0.3, 0.4) is 0 Å². The van der Waals surface area contributed by atoms with Crippen molar-refractivity contribution < 1.29 is 27.1 Å². The van der Waals surface area contributed by atoms with Gasteiger partial charge in [0, 0.05) is 18.2 Å². The van der Waals surface area contributed by atoms with Gasteiger partial charge in [0.25, 0.3) is 5.91 Å². The summed E-state index contributed by atoms with van der Waals surface area (Å²) in [5.41, 5.74) is 0.447. The van der Waals surface area contributed by atoms with E-state index < -0.39 is 15.1 Å². The summed E-state index contributed by atoms with van der Waals surface area (Å²) in [7, 11) is -3.88. The van der Waals surface area contributed by atoms with E-state index in [1.165, 1.54) is 18.4 Å². The fourth-order valence-electron chi connectivity index (χ4n) is 3.08. The molecule has 0 fully saturated rings. The van der Waals surface area contributed by atoms with Crippen LogP contribution in [0.1, 0.15) is 21.4 Å². The summed E-state index contributed by atoms with van der Waals surface area (Å²) in [5.74, 6) is 0.763. The van der Waals surface area contributed by atoms with Crippen molar-refractivity contribution in [2.75, 3.05) is 19.8 Å². The number of furan rings is 1. The molecule has 0 unspecified atom stereocenters. The molecule has 1 aliphatic heterocycles. The van der Waals surface area contributed by atoms with E-state index in [1.807, 2.05) is 0 Å². The van der Waals surface area contributed by atoms with E-state index in [1.54, 1.807) is 48.5 Å². The molecule has 3 aromatic rings. The lowest BCUT2D eigenvalue weighted by molar-refractivity contribution is 0.0953. The number of sulfone groups is 1. The summed E-state index contributed by atoms with van der Waals surface area (Å²) in [4.78, 5) is 12.5. The highest BCUT2D eigenvalue weighted by Crippen LogP contribution is 2.36. The number of hydrogen-bond acceptors (Lipinski definition) is 6. The van der Waals surface area contributed by atoms with E-state index in [0.717, 1.165) is 0 Å². The van der Waals surface area contributed by atoms with E-state index in [-0.39, 0.29) is 23.1 Å². The molecule has 0 aliphatic carbocycles. The van der Waals surface area contributed by atoms with Crippen LogP contribution in [0.15, 0.2) is 76.2 Å². The van der Waals surface area contributed by atoms with Gasteiger partial charge in [0.05, 0.1) is 11.2 Å². The van der Waals surface area contributed by atoms with Gasteiger partial charge in [-0.15, -0.1) is 0 Å². The Morgan fingerprint density at radius 2 is 1.72 bits per heavy atom. The lowest BCUT2D eigenvalue weighted by atomic mass is 10.2. The topological polar surface area (TPSA) is 94.8 Å². The first kappa shape index (κ1) is 19.1. The maximum atomic E-state index is 13.4. The highest BCUT2D eigenvalue weighted by molar-refractivity contribution is 7.91. The van der Waals surface area contributed by atoms with Gasteiger partial charge in [0.1, 0.15) is 24.2 Å². The average molecular weight is 413 g/mol. The van der Waals surface area contributed by atoms with Gasteiger partial charge in [-0.05, 0) is 36.4 Å². The number of nitrogens with one attached hydrogen (secondary N) is 1. The van der Waals surface area contributed by atoms with Crippen LogP contribution in [-0.2, 0) is 9.84 Å². The van der Waals surface area contributed by atoms with Crippen molar-refractivity contribution in [3.63, 3.8) is 0 Å². The molecule has 8 heteroatoms. The first-order valence-corrected chi connectivity index (χ1v) is 10.6. The van der Waals surface area contributed by atoms with Crippen LogP contribution >= 0.6 is 0 Å². The summed E-state index contributed by atoms with van der Waals surface area (Å²) in [6.45, 7) is 0.628. The van der Waals surface area contributed by atoms with Crippen molar-refractivity contribution in [3.05, 3.63) is 78.3 Å². The molecule has 0 saturated heterocycles. The second-order valence-corrected chi connectivity index (χ2v) is 8.56. The largest absolute Gasteiger partial charge is 0.486 e. The van der Waals surface area contributed by atoms with Crippen molar-refractivity contribution >= 4 is 15.7 Å². The highest BCUT2D eigenvalue weighted by atomic mass is 32.2. The Hall–Kier alpha value is -3.26. The normalized spacial score (nSPS) is 14.2. The van der Waals surface area contributed by atoms with Crippen LogP contribution in [0.4, 0.5) is 0 Å². The van der Waals surface area contributed by atoms with Crippen LogP contribution in [0.2, 0.25) is 0 Å². The third-order valence-electron chi connectivity index (χ3n) is 4.56. The van der Waals surface area contributed by atoms with Gasteiger partial charge in [-0.25, -0.2) is 8.42 Å². The fraction of sp³-hybridized carbons (Fsp3) is 0.190. The van der Waals surface area contributed by atoms with Crippen LogP contribution in [0.25, 0.3) is 0 Å². The van der Waals surface area contributed by atoms with E-state index in [4.69, 9.17) is 13.9 Å². The van der Waals surface area contributed by atoms with Crippen molar-refractivity contribution in [1.82, 2.24) is 5.32 Å². The summed E-state index contributed by atoms with van der Waals surface area (Å²) < 4.78 is 43.0. The standard InChI is InChI=1S/C21H19NO6S/c23-21(15-5-2-1-3-6-15)22-14-20(18-7-4-10-26-18)29(24,25)16-8-9-17-19(13-16)28-12-11-27-17/h1-10,13,20H,11-12,14H2,(H,22,23)/t20-/m0/s1. The van der Waals surface area contributed by atoms with E-state index in [9.17, 15) is 13.2 Å². The number of carbonyl (C=O) groups excluding carboxylic acids is 1. The van der Waals surface area contributed by atoms with Crippen molar-refractivity contribution in [3.8, 4) is 11.5 Å². The number of rotatable bonds is 6. The monoisotopic (exact) mass is 413 g/mol. The van der Waals surface area contributed by atoms with Crippen LogP contribution < -0.4 is 14.8 Å². The van der Waals surface area contributed by atoms with E-state index >= 15 is 0 Å². The van der Waals surface area contributed by atoms with Crippen LogP contribution in [0, 0.1) is 0 Å². The minimum atomic E-state index is -3.88. The third-order valence-corrected chi connectivity index (χ3v) is 6.62. The first-order chi connectivity index (χ1) is 14.1. The number of fused-ring (bicyclic) bond motifs is 1. The molecule has 2 heterocycles. The molecule has 0 radical (unpaired) electrons. The number of amides is 1. The molecule has 29 heavy (non-hydrogen) atoms. The first-order valence-electron chi connectivity index (χ1n) is 9.06. The van der Waals surface area contributed by atoms with Crippen LogP contribution in [0.5, 0.6) is 11.5 Å². The zero-order valence-electron chi connectivity index (χ0n) is 15.4. The lowest BCUT2D eigenvalue weighted by Crippen LogP contribution is -2.31. The molecule has 7 nitrogen and oxygen atoms in total. The molecule has 0 bridgehead atoms. The predicted octanol–water partition coefficient (Wildman–Crippen LogP) is 3.00. The van der Waals surface area contributed by atoms with Gasteiger partial charge < -0.3 is 19.2 Å². The lowest BCUT2D eigenvalue weighted by Gasteiger charge is -2.21. The molecule has 1 amide bonds. The molecular formula is C21H19NO6S. The number of ether oxygens (including phenoxy) is 2. The van der Waals surface area contributed by atoms with Gasteiger partial charge in [-0.2, -0.15) is 0 Å². The van der Waals surface area contributed by atoms with Gasteiger partial charge in [-0.1, -0.05) is 18.2 Å². The zero-order chi connectivity index (χ0) is 20.3. The molecule has 2 aromatic carbocycles. The SMILES string of the molecule is O=C(NC[C@@H](c1ccco1)S(=O)(=O)c1ccc2c(c1)OCCO2)c1ccccc1. The molecule has 150 valence electrons. The van der Waals surface area contributed by atoms with Gasteiger partial charge in [-0.3, -0.25) is 4.79 Å². The molecule has 4 rings (SSSR count). The van der Waals surface area contributed by atoms with Crippen molar-refractivity contribution in [2.45, 2.75) is 10.1 Å². The van der Waals surface area contributed by atoms with E-state index in [2.05, 4.69) is 5.32 Å². The zero-order valence-corrected chi connectivity index (χ0v) is 16.2. The molecule has 1 aliphatic rings. The Balaban J connectivity index is 1.62. The maximum absolute atomic E-state index is 13.4. The summed E-state index contributed by atoms with van der Waals surface area (Å²) in [5, 5.41) is 1.60. The predicted molar refractivity (Wildman–Crippen MR) is 105 cm³/mol. The smallest absolute Gasteiger partial charge is 0.251 e. The summed E-state index contributed by atoms with van der Waals surface area (Å²) in [6.07, 6.45) is 1.40. The Kier molecular flexibility index (Phi) is 5.26. The van der Waals surface area contributed by atoms with Gasteiger partial charge >= 0.3 is 0 Å². The summed E-state index contributed by atoms with van der Waals surface area (Å²) >= 11 is 0. The Bertz CT molecular complexity index is 1090. The summed E-state index contributed by atoms with van der Waals surface area (Å²) in [6, 6.07) is 16.3. The van der Waals surface area contributed by atoms with Crippen molar-refractivity contribution in [2.24, 2.45) is 0 Å². The highest BCUT2D eigenvalue weighted by Gasteiger charge is 2.33. The number of hydrogen-bond donors (Lipinski definition) is 1. The van der Waals surface area contributed by atoms with Gasteiger partial charge in [0.2, 0.25) is 0 Å². The van der Waals surface area contributed by atoms with Crippen LogP contribution in [-0.4, -0.2) is 34.1 Å². The second-order valence-electron chi connectivity index (χ2n) is 6.43. The Morgan fingerprint density at radius 3 is 2.45 bits per heavy atom. The Morgan fingerprint density at radius 1 is 0.966 bits per heavy atom. The minimum Gasteiger partial charge on any atom is -0.486 e. The average Bonchev–Trinajstić information content (AvgIpc) is 3.28.